The average molecular weight is 102 g/mol. The average Bonchev–Trinajstić information content (AvgIpc) is 1.69. The molecule has 4 nitrogen and oxygen atoms in total. The van der Waals surface area contributed by atoms with Gasteiger partial charge in [-0.15, -0.1) is 0 Å². The van der Waals surface area contributed by atoms with Crippen molar-refractivity contribution in [2.24, 2.45) is 5.10 Å². The van der Waals surface area contributed by atoms with Gasteiger partial charge in [-0.1, -0.05) is 6.92 Å². The van der Waals surface area contributed by atoms with Crippen LogP contribution in [-0.2, 0) is 0 Å². The molecule has 0 amide bonds. The molecule has 0 saturated heterocycles. The van der Waals surface area contributed by atoms with Crippen LogP contribution in [0, 0.1) is 0 Å². The number of rotatable bonds is 4. The van der Waals surface area contributed by atoms with Gasteiger partial charge in [0, 0.05) is 13.3 Å². The molecule has 4 heteroatoms. The minimum absolute atomic E-state index is 0.850. The van der Waals surface area contributed by atoms with Crippen LogP contribution in [0.4, 0.5) is 0 Å². The summed E-state index contributed by atoms with van der Waals surface area (Å²) < 4.78 is 0. The summed E-state index contributed by atoms with van der Waals surface area (Å²) in [6, 6.07) is 0. The van der Waals surface area contributed by atoms with E-state index in [0.717, 1.165) is 6.54 Å². The molecular weight excluding hydrogens is 92.1 g/mol. The number of hydrogen-bond acceptors (Lipinski definition) is 4. The molecule has 0 radical (unpaired) electrons. The molecule has 0 unspecified atom stereocenters. The third-order valence-corrected chi connectivity index (χ3v) is 0.400. The van der Waals surface area contributed by atoms with E-state index in [4.69, 9.17) is 0 Å². The fraction of sp³-hybridized carbons (Fsp3) is 0.667. The lowest BCUT2D eigenvalue weighted by Gasteiger charge is -1.99. The summed E-state index contributed by atoms with van der Waals surface area (Å²) in [6.07, 6.45) is 0. The van der Waals surface area contributed by atoms with E-state index in [9.17, 15) is 0 Å². The Morgan fingerprint density at radius 3 is 2.86 bits per heavy atom. The molecule has 0 bridgehead atoms. The molecule has 0 aliphatic carbocycles. The van der Waals surface area contributed by atoms with Crippen molar-refractivity contribution in [3.8, 4) is 0 Å². The van der Waals surface area contributed by atoms with Crippen LogP contribution in [-0.4, -0.2) is 13.3 Å². The van der Waals surface area contributed by atoms with Crippen LogP contribution >= 0.6 is 0 Å². The second-order valence-corrected chi connectivity index (χ2v) is 0.925. The molecule has 0 spiro atoms. The molecule has 0 atom stereocenters. The number of hydrogen-bond donors (Lipinski definition) is 3. The summed E-state index contributed by atoms with van der Waals surface area (Å²) in [6.45, 7) is 5.99. The van der Waals surface area contributed by atoms with Crippen molar-refractivity contribution < 1.29 is 0 Å². The van der Waals surface area contributed by atoms with Crippen molar-refractivity contribution in [3.05, 3.63) is 0 Å². The van der Waals surface area contributed by atoms with Crippen molar-refractivity contribution in [1.82, 2.24) is 16.5 Å². The van der Waals surface area contributed by atoms with Crippen molar-refractivity contribution in [3.63, 3.8) is 0 Å². The van der Waals surface area contributed by atoms with Crippen LogP contribution in [0.1, 0.15) is 6.92 Å². The third kappa shape index (κ3) is 5.39. The third-order valence-electron chi connectivity index (χ3n) is 0.400. The highest BCUT2D eigenvalue weighted by atomic mass is 15.7. The summed E-state index contributed by atoms with van der Waals surface area (Å²) in [5, 5.41) is 3.30. The molecule has 0 aromatic carbocycles. The normalized spacial score (nSPS) is 8.14. The fourth-order valence-electron chi connectivity index (χ4n) is 0.167. The Bertz CT molecular complexity index is 44.2. The predicted molar refractivity (Wildman–Crippen MR) is 29.5 cm³/mol. The molecule has 7 heavy (non-hydrogen) atoms. The molecular formula is C3H10N4. The molecule has 0 aromatic heterocycles. The van der Waals surface area contributed by atoms with E-state index < -0.39 is 0 Å². The number of hydrazone groups is 1. The van der Waals surface area contributed by atoms with E-state index >= 15 is 0 Å². The quantitative estimate of drug-likeness (QED) is 0.248. The maximum atomic E-state index is 3.30. The largest absolute Gasteiger partial charge is 0.239 e. The topological polar surface area (TPSA) is 48.5 Å². The van der Waals surface area contributed by atoms with E-state index in [2.05, 4.69) is 28.3 Å². The van der Waals surface area contributed by atoms with Gasteiger partial charge >= 0.3 is 0 Å². The van der Waals surface area contributed by atoms with Crippen molar-refractivity contribution in [2.45, 2.75) is 6.92 Å². The lowest BCUT2D eigenvalue weighted by Crippen LogP contribution is -2.39. The molecule has 0 fully saturated rings. The van der Waals surface area contributed by atoms with Gasteiger partial charge in [0.1, 0.15) is 0 Å². The van der Waals surface area contributed by atoms with E-state index in [1.54, 1.807) is 0 Å². The maximum Gasteiger partial charge on any atom is 0.0121 e. The highest BCUT2D eigenvalue weighted by Crippen LogP contribution is 1.41. The van der Waals surface area contributed by atoms with Gasteiger partial charge in [-0.05, 0) is 0 Å². The summed E-state index contributed by atoms with van der Waals surface area (Å²) in [7, 11) is 0. The van der Waals surface area contributed by atoms with Gasteiger partial charge in [-0.3, -0.25) is 0 Å². The van der Waals surface area contributed by atoms with Crippen LogP contribution in [0.2, 0.25) is 0 Å². The molecule has 3 N–H and O–H groups in total. The first kappa shape index (κ1) is 6.39. The van der Waals surface area contributed by atoms with Crippen molar-refractivity contribution in [2.75, 3.05) is 6.54 Å². The van der Waals surface area contributed by atoms with Gasteiger partial charge in [-0.2, -0.15) is 10.6 Å². The maximum absolute atomic E-state index is 3.30. The van der Waals surface area contributed by atoms with Gasteiger partial charge in [0.25, 0.3) is 0 Å². The zero-order valence-corrected chi connectivity index (χ0v) is 4.36. The SMILES string of the molecule is C=NNNNCC. The van der Waals surface area contributed by atoms with Gasteiger partial charge in [0.15, 0.2) is 0 Å². The van der Waals surface area contributed by atoms with Crippen LogP contribution in [0.25, 0.3) is 0 Å². The van der Waals surface area contributed by atoms with Crippen LogP contribution in [0.15, 0.2) is 5.10 Å². The Kier molecular flexibility index (Phi) is 4.92. The Morgan fingerprint density at radius 2 is 2.43 bits per heavy atom. The van der Waals surface area contributed by atoms with E-state index in [0.29, 0.717) is 0 Å². The van der Waals surface area contributed by atoms with Crippen molar-refractivity contribution >= 4 is 6.72 Å². The predicted octanol–water partition coefficient (Wildman–Crippen LogP) is -0.779. The lowest BCUT2D eigenvalue weighted by molar-refractivity contribution is 0.460. The molecule has 0 aliphatic rings. The van der Waals surface area contributed by atoms with Gasteiger partial charge in [0.2, 0.25) is 0 Å². The first-order valence-electron chi connectivity index (χ1n) is 2.10. The standard InChI is InChI=1S/C3H10N4/c1-3-5-7-6-4-2/h5-7H,2-3H2,1H3. The molecule has 0 rings (SSSR count). The molecule has 0 aliphatic heterocycles. The lowest BCUT2D eigenvalue weighted by atomic mass is 10.8. The van der Waals surface area contributed by atoms with Crippen LogP contribution in [0.5, 0.6) is 0 Å². The number of hydrazine groups is 2. The number of nitrogens with one attached hydrogen (secondary N) is 3. The molecule has 0 aromatic rings. The minimum Gasteiger partial charge on any atom is -0.239 e. The summed E-state index contributed by atoms with van der Waals surface area (Å²) in [4.78, 5) is 0. The smallest absolute Gasteiger partial charge is 0.0121 e. The first-order valence-corrected chi connectivity index (χ1v) is 2.10. The number of nitrogens with zero attached hydrogens (tertiary/aromatic N) is 1. The second-order valence-electron chi connectivity index (χ2n) is 0.925. The van der Waals surface area contributed by atoms with Crippen LogP contribution < -0.4 is 16.5 Å². The molecule has 0 heterocycles. The Balaban J connectivity index is 2.56. The molecule has 0 saturated carbocycles. The zero-order valence-electron chi connectivity index (χ0n) is 4.36. The monoisotopic (exact) mass is 102 g/mol. The fourth-order valence-corrected chi connectivity index (χ4v) is 0.167. The van der Waals surface area contributed by atoms with Gasteiger partial charge in [0.05, 0.1) is 0 Å². The van der Waals surface area contributed by atoms with Gasteiger partial charge in [-0.25, -0.2) is 11.0 Å². The Labute approximate surface area is 42.9 Å². The van der Waals surface area contributed by atoms with Crippen LogP contribution in [0.3, 0.4) is 0 Å². The van der Waals surface area contributed by atoms with Gasteiger partial charge < -0.3 is 0 Å². The first-order chi connectivity index (χ1) is 3.41. The van der Waals surface area contributed by atoms with E-state index in [1.807, 2.05) is 6.92 Å². The Hall–Kier alpha value is -0.610. The summed E-state index contributed by atoms with van der Waals surface area (Å²) in [5.74, 6) is 0. The molecule has 42 valence electrons. The zero-order chi connectivity index (χ0) is 5.54. The summed E-state index contributed by atoms with van der Waals surface area (Å²) >= 11 is 0. The highest BCUT2D eigenvalue weighted by molar-refractivity contribution is 5.21. The van der Waals surface area contributed by atoms with E-state index in [1.165, 1.54) is 0 Å². The van der Waals surface area contributed by atoms with E-state index in [-0.39, 0.29) is 0 Å². The minimum atomic E-state index is 0.850. The van der Waals surface area contributed by atoms with Crippen molar-refractivity contribution in [1.29, 1.82) is 0 Å². The summed E-state index contributed by atoms with van der Waals surface area (Å²) in [5.41, 5.74) is 7.71. The highest BCUT2D eigenvalue weighted by Gasteiger charge is 1.67. The Morgan fingerprint density at radius 1 is 1.71 bits per heavy atom. The second kappa shape index (κ2) is 5.39.